The van der Waals surface area contributed by atoms with Crippen LogP contribution >= 0.6 is 0 Å². The van der Waals surface area contributed by atoms with E-state index >= 15 is 0 Å². The Morgan fingerprint density at radius 3 is 2.14 bits per heavy atom. The highest BCUT2D eigenvalue weighted by Crippen LogP contribution is 2.28. The standard InChI is InChI=1S/C43H60N6O7/c1-43(2,3)56-42(53)48(6)26-13-25-47(5)40(51)34-18-20-35(21-19-34)44-24-12-31-54-32-39(50)46(4)29-30-49-27-22-36(23-28-49)55-41(52)45-38-17-11-10-16-37(38)33-14-8-7-9-15-33/h7-11,14-21,36,44H,12-13,22-32H2,1-6H3,(H,45,52). The van der Waals surface area contributed by atoms with E-state index < -0.39 is 11.7 Å². The highest BCUT2D eigenvalue weighted by atomic mass is 16.6. The number of carbonyl (C=O) groups is 4. The Labute approximate surface area is 332 Å². The van der Waals surface area contributed by atoms with Gasteiger partial charge in [0.1, 0.15) is 18.3 Å². The summed E-state index contributed by atoms with van der Waals surface area (Å²) in [6, 6.07) is 25.0. The number of hydrogen-bond acceptors (Lipinski definition) is 9. The third-order valence-corrected chi connectivity index (χ3v) is 9.43. The van der Waals surface area contributed by atoms with Crippen molar-refractivity contribution in [3.8, 4) is 11.1 Å². The smallest absolute Gasteiger partial charge is 0.411 e. The summed E-state index contributed by atoms with van der Waals surface area (Å²) in [6.07, 6.45) is 1.84. The molecule has 56 heavy (non-hydrogen) atoms. The minimum atomic E-state index is -0.549. The molecule has 2 N–H and O–H groups in total. The van der Waals surface area contributed by atoms with Crippen LogP contribution in [-0.2, 0) is 19.0 Å². The van der Waals surface area contributed by atoms with Crippen LogP contribution in [-0.4, -0.2) is 135 Å². The van der Waals surface area contributed by atoms with Gasteiger partial charge >= 0.3 is 12.2 Å². The number of likely N-dealkylation sites (tertiary alicyclic amines) is 1. The first-order valence-electron chi connectivity index (χ1n) is 19.5. The molecule has 13 nitrogen and oxygen atoms in total. The second-order valence-electron chi connectivity index (χ2n) is 15.2. The fraction of sp³-hybridized carbons (Fsp3) is 0.488. The lowest BCUT2D eigenvalue weighted by Crippen LogP contribution is -2.43. The van der Waals surface area contributed by atoms with Crippen LogP contribution in [0.5, 0.6) is 0 Å². The zero-order chi connectivity index (χ0) is 40.5. The number of benzene rings is 3. The Hall–Kier alpha value is -5.14. The zero-order valence-corrected chi connectivity index (χ0v) is 33.9. The van der Waals surface area contributed by atoms with Gasteiger partial charge in [-0.3, -0.25) is 14.9 Å². The normalized spacial score (nSPS) is 13.4. The van der Waals surface area contributed by atoms with Gasteiger partial charge in [0.25, 0.3) is 5.91 Å². The van der Waals surface area contributed by atoms with Crippen LogP contribution in [0.1, 0.15) is 56.8 Å². The van der Waals surface area contributed by atoms with Gasteiger partial charge in [0.05, 0.1) is 5.69 Å². The third kappa shape index (κ3) is 14.8. The molecule has 0 aromatic heterocycles. The molecule has 0 aliphatic carbocycles. The highest BCUT2D eigenvalue weighted by molar-refractivity contribution is 5.94. The van der Waals surface area contributed by atoms with Gasteiger partial charge < -0.3 is 39.1 Å². The minimum absolute atomic E-state index is 0.0243. The number of amides is 4. The summed E-state index contributed by atoms with van der Waals surface area (Å²) in [5, 5.41) is 6.25. The Balaban J connectivity index is 1.03. The molecular formula is C43H60N6O7. The molecule has 3 aromatic carbocycles. The molecule has 0 atom stereocenters. The van der Waals surface area contributed by atoms with Crippen LogP contribution in [0, 0.1) is 0 Å². The van der Waals surface area contributed by atoms with Crippen molar-refractivity contribution >= 4 is 35.4 Å². The highest BCUT2D eigenvalue weighted by Gasteiger charge is 2.24. The summed E-state index contributed by atoms with van der Waals surface area (Å²) in [4.78, 5) is 57.6. The number of nitrogens with zero attached hydrogens (tertiary/aromatic N) is 4. The van der Waals surface area contributed by atoms with Crippen LogP contribution in [0.15, 0.2) is 78.9 Å². The van der Waals surface area contributed by atoms with E-state index in [4.69, 9.17) is 14.2 Å². The van der Waals surface area contributed by atoms with Crippen LogP contribution in [0.25, 0.3) is 11.1 Å². The molecule has 0 saturated carbocycles. The van der Waals surface area contributed by atoms with Gasteiger partial charge in [0.15, 0.2) is 0 Å². The average molecular weight is 773 g/mol. The predicted molar refractivity (Wildman–Crippen MR) is 220 cm³/mol. The summed E-state index contributed by atoms with van der Waals surface area (Å²) in [5.74, 6) is -0.152. The van der Waals surface area contributed by atoms with Crippen molar-refractivity contribution in [1.82, 2.24) is 19.6 Å². The molecule has 4 amide bonds. The summed E-state index contributed by atoms with van der Waals surface area (Å²) < 4.78 is 16.8. The molecule has 0 unspecified atom stereocenters. The number of para-hydroxylation sites is 1. The van der Waals surface area contributed by atoms with E-state index in [9.17, 15) is 19.2 Å². The molecule has 4 rings (SSSR count). The summed E-state index contributed by atoms with van der Waals surface area (Å²) in [7, 11) is 5.23. The van der Waals surface area contributed by atoms with E-state index in [1.807, 2.05) is 87.5 Å². The van der Waals surface area contributed by atoms with Crippen molar-refractivity contribution in [2.45, 2.75) is 58.2 Å². The molecule has 13 heteroatoms. The minimum Gasteiger partial charge on any atom is -0.446 e. The second kappa shape index (κ2) is 21.8. The van der Waals surface area contributed by atoms with Crippen molar-refractivity contribution in [2.24, 2.45) is 0 Å². The number of rotatable bonds is 18. The predicted octanol–water partition coefficient (Wildman–Crippen LogP) is 6.67. The first-order chi connectivity index (χ1) is 26.8. The van der Waals surface area contributed by atoms with Crippen LogP contribution in [0.2, 0.25) is 0 Å². The summed E-state index contributed by atoms with van der Waals surface area (Å²) in [6.45, 7) is 10.5. The number of nitrogens with one attached hydrogen (secondary N) is 2. The maximum atomic E-state index is 12.9. The molecule has 1 saturated heterocycles. The lowest BCUT2D eigenvalue weighted by Gasteiger charge is -2.32. The number of anilines is 2. The molecule has 1 heterocycles. The van der Waals surface area contributed by atoms with E-state index in [2.05, 4.69) is 15.5 Å². The summed E-state index contributed by atoms with van der Waals surface area (Å²) >= 11 is 0. The maximum absolute atomic E-state index is 12.9. The Morgan fingerprint density at radius 1 is 0.786 bits per heavy atom. The fourth-order valence-electron chi connectivity index (χ4n) is 6.12. The number of piperidine rings is 1. The monoisotopic (exact) mass is 772 g/mol. The van der Waals surface area contributed by atoms with E-state index in [0.29, 0.717) is 56.9 Å². The molecule has 3 aromatic rings. The lowest BCUT2D eigenvalue weighted by atomic mass is 10.0. The molecule has 304 valence electrons. The Kier molecular flexibility index (Phi) is 17.0. The Bertz CT molecular complexity index is 1690. The van der Waals surface area contributed by atoms with E-state index in [0.717, 1.165) is 49.3 Å². The van der Waals surface area contributed by atoms with Crippen molar-refractivity contribution in [3.05, 3.63) is 84.4 Å². The van der Waals surface area contributed by atoms with Gasteiger partial charge in [-0.15, -0.1) is 0 Å². The van der Waals surface area contributed by atoms with Crippen molar-refractivity contribution in [3.63, 3.8) is 0 Å². The molecule has 1 fully saturated rings. The number of carbonyl (C=O) groups excluding carboxylic acids is 4. The van der Waals surface area contributed by atoms with E-state index in [-0.39, 0.29) is 30.6 Å². The Morgan fingerprint density at radius 2 is 1.45 bits per heavy atom. The fourth-order valence-corrected chi connectivity index (χ4v) is 6.12. The second-order valence-corrected chi connectivity index (χ2v) is 15.2. The van der Waals surface area contributed by atoms with Crippen LogP contribution in [0.4, 0.5) is 21.0 Å². The van der Waals surface area contributed by atoms with Gasteiger partial charge in [-0.05, 0) is 82.3 Å². The average Bonchev–Trinajstić information content (AvgIpc) is 3.18. The van der Waals surface area contributed by atoms with Crippen molar-refractivity contribution < 1.29 is 33.4 Å². The number of ether oxygens (including phenoxy) is 3. The SMILES string of the molecule is CN(CCN1CCC(OC(=O)Nc2ccccc2-c2ccccc2)CC1)C(=O)COCCCNc1ccc(C(=O)N(C)CCCN(C)C(=O)OC(C)(C)C)cc1. The van der Waals surface area contributed by atoms with Gasteiger partial charge in [0.2, 0.25) is 5.91 Å². The van der Waals surface area contributed by atoms with Crippen LogP contribution < -0.4 is 10.6 Å². The summed E-state index contributed by atoms with van der Waals surface area (Å²) in [5.41, 5.74) is 3.61. The molecular weight excluding hydrogens is 713 g/mol. The molecule has 1 aliphatic rings. The first-order valence-corrected chi connectivity index (χ1v) is 19.5. The number of hydrogen-bond donors (Lipinski definition) is 2. The van der Waals surface area contributed by atoms with E-state index in [1.165, 1.54) is 4.90 Å². The van der Waals surface area contributed by atoms with Gasteiger partial charge in [-0.2, -0.15) is 0 Å². The maximum Gasteiger partial charge on any atom is 0.411 e. The lowest BCUT2D eigenvalue weighted by molar-refractivity contribution is -0.135. The molecule has 0 spiro atoms. The zero-order valence-electron chi connectivity index (χ0n) is 33.9. The first kappa shape index (κ1) is 43.6. The third-order valence-electron chi connectivity index (χ3n) is 9.43. The van der Waals surface area contributed by atoms with Gasteiger partial charge in [-0.1, -0.05) is 48.5 Å². The van der Waals surface area contributed by atoms with Gasteiger partial charge in [-0.25, -0.2) is 9.59 Å². The molecule has 0 radical (unpaired) electrons. The molecule has 1 aliphatic heterocycles. The van der Waals surface area contributed by atoms with E-state index in [1.54, 1.807) is 43.1 Å². The number of likely N-dealkylation sites (N-methyl/N-ethyl adjacent to an activating group) is 1. The van der Waals surface area contributed by atoms with Gasteiger partial charge in [0, 0.05) is 90.4 Å². The largest absolute Gasteiger partial charge is 0.446 e. The van der Waals surface area contributed by atoms with Crippen molar-refractivity contribution in [1.29, 1.82) is 0 Å². The molecule has 0 bridgehead atoms. The quantitative estimate of drug-likeness (QED) is 0.136. The van der Waals surface area contributed by atoms with Crippen molar-refractivity contribution in [2.75, 3.05) is 90.8 Å². The topological polar surface area (TPSA) is 133 Å². The van der Waals surface area contributed by atoms with Crippen LogP contribution in [0.3, 0.4) is 0 Å².